The number of rotatable bonds is 10. The highest BCUT2D eigenvalue weighted by atomic mass is 79.9. The second-order valence-corrected chi connectivity index (χ2v) is 11.8. The van der Waals surface area contributed by atoms with E-state index in [4.69, 9.17) is 9.47 Å². The molecule has 188 valence electrons. The van der Waals surface area contributed by atoms with Crippen molar-refractivity contribution in [2.45, 2.75) is 37.0 Å². The number of ether oxygens (including phenoxy) is 2. The van der Waals surface area contributed by atoms with Gasteiger partial charge in [0.05, 0.1) is 30.6 Å². The third-order valence-electron chi connectivity index (χ3n) is 6.30. The summed E-state index contributed by atoms with van der Waals surface area (Å²) >= 11 is 3.40. The number of carbonyl (C=O) groups excluding carboxylic acids is 2. The van der Waals surface area contributed by atoms with E-state index in [1.807, 2.05) is 18.2 Å². The number of halogens is 1. The SMILES string of the molecule is COc1ccc(CCNC(=O)CCS(=O)(=O)c2cc(Br)cc3c2N(C(=O)C2CC2)CC3)cc1OC. The van der Waals surface area contributed by atoms with Crippen LogP contribution in [0.2, 0.25) is 0 Å². The minimum Gasteiger partial charge on any atom is -0.493 e. The second kappa shape index (κ2) is 10.6. The molecular formula is C25H29BrN2O6S. The number of anilines is 1. The number of nitrogens with zero attached hydrogens (tertiary/aromatic N) is 1. The van der Waals surface area contributed by atoms with Gasteiger partial charge in [-0.1, -0.05) is 22.0 Å². The van der Waals surface area contributed by atoms with Crippen LogP contribution >= 0.6 is 15.9 Å². The Morgan fingerprint density at radius 3 is 2.54 bits per heavy atom. The van der Waals surface area contributed by atoms with Crippen molar-refractivity contribution in [2.75, 3.05) is 38.0 Å². The minimum absolute atomic E-state index is 0.00315. The Hall–Kier alpha value is -2.59. The van der Waals surface area contributed by atoms with Gasteiger partial charge in [-0.3, -0.25) is 9.59 Å². The van der Waals surface area contributed by atoms with Crippen LogP contribution in [0.1, 0.15) is 30.4 Å². The topological polar surface area (TPSA) is 102 Å². The van der Waals surface area contributed by atoms with Crippen molar-refractivity contribution in [1.82, 2.24) is 5.32 Å². The lowest BCUT2D eigenvalue weighted by Crippen LogP contribution is -2.32. The summed E-state index contributed by atoms with van der Waals surface area (Å²) in [7, 11) is -0.657. The van der Waals surface area contributed by atoms with Gasteiger partial charge in [0.2, 0.25) is 11.8 Å². The predicted octanol–water partition coefficient (Wildman–Crippen LogP) is 3.29. The molecule has 0 bridgehead atoms. The first-order valence-corrected chi connectivity index (χ1v) is 14.0. The van der Waals surface area contributed by atoms with Crippen LogP contribution in [-0.2, 0) is 32.3 Å². The molecule has 35 heavy (non-hydrogen) atoms. The van der Waals surface area contributed by atoms with E-state index in [-0.39, 0.29) is 34.8 Å². The summed E-state index contributed by atoms with van der Waals surface area (Å²) in [5.41, 5.74) is 2.28. The molecule has 1 heterocycles. The van der Waals surface area contributed by atoms with Gasteiger partial charge >= 0.3 is 0 Å². The molecule has 0 atom stereocenters. The maximum atomic E-state index is 13.3. The summed E-state index contributed by atoms with van der Waals surface area (Å²) in [6.07, 6.45) is 2.73. The van der Waals surface area contributed by atoms with Crippen LogP contribution in [0.15, 0.2) is 39.7 Å². The van der Waals surface area contributed by atoms with Gasteiger partial charge in [-0.2, -0.15) is 0 Å². The highest BCUT2D eigenvalue weighted by Crippen LogP contribution is 2.41. The maximum absolute atomic E-state index is 13.3. The van der Waals surface area contributed by atoms with Crippen LogP contribution in [0, 0.1) is 5.92 Å². The number of nitrogens with one attached hydrogen (secondary N) is 1. The van der Waals surface area contributed by atoms with Crippen molar-refractivity contribution < 1.29 is 27.5 Å². The van der Waals surface area contributed by atoms with Gasteiger partial charge < -0.3 is 19.7 Å². The monoisotopic (exact) mass is 564 g/mol. The molecule has 0 radical (unpaired) electrons. The van der Waals surface area contributed by atoms with Crippen LogP contribution in [-0.4, -0.2) is 53.3 Å². The lowest BCUT2D eigenvalue weighted by Gasteiger charge is -2.20. The molecule has 8 nitrogen and oxygen atoms in total. The average Bonchev–Trinajstić information content (AvgIpc) is 3.61. The number of fused-ring (bicyclic) bond motifs is 1. The molecule has 2 aromatic carbocycles. The van der Waals surface area contributed by atoms with Crippen molar-refractivity contribution in [3.8, 4) is 11.5 Å². The Morgan fingerprint density at radius 1 is 1.11 bits per heavy atom. The largest absolute Gasteiger partial charge is 0.493 e. The molecule has 1 fully saturated rings. The van der Waals surface area contributed by atoms with Gasteiger partial charge in [0.1, 0.15) is 0 Å². The number of sulfone groups is 1. The first-order valence-electron chi connectivity index (χ1n) is 11.6. The number of amides is 2. The lowest BCUT2D eigenvalue weighted by molar-refractivity contribution is -0.121. The van der Waals surface area contributed by atoms with Crippen molar-refractivity contribution in [3.63, 3.8) is 0 Å². The Bertz CT molecular complexity index is 1240. The smallest absolute Gasteiger partial charge is 0.230 e. The van der Waals surface area contributed by atoms with E-state index >= 15 is 0 Å². The van der Waals surface area contributed by atoms with E-state index in [9.17, 15) is 18.0 Å². The number of carbonyl (C=O) groups is 2. The van der Waals surface area contributed by atoms with E-state index in [0.717, 1.165) is 24.0 Å². The summed E-state index contributed by atoms with van der Waals surface area (Å²) in [6.45, 7) is 0.852. The van der Waals surface area contributed by atoms with Crippen LogP contribution in [0.3, 0.4) is 0 Å². The fraction of sp³-hybridized carbons (Fsp3) is 0.440. The fourth-order valence-electron chi connectivity index (χ4n) is 4.29. The second-order valence-electron chi connectivity index (χ2n) is 8.78. The van der Waals surface area contributed by atoms with Crippen LogP contribution in [0.4, 0.5) is 5.69 Å². The molecule has 10 heteroatoms. The zero-order valence-electron chi connectivity index (χ0n) is 19.8. The van der Waals surface area contributed by atoms with Crippen LogP contribution in [0.25, 0.3) is 0 Å². The van der Waals surface area contributed by atoms with E-state index in [1.54, 1.807) is 31.3 Å². The Kier molecular flexibility index (Phi) is 7.70. The van der Waals surface area contributed by atoms with Crippen molar-refractivity contribution in [1.29, 1.82) is 0 Å². The number of methoxy groups -OCH3 is 2. The van der Waals surface area contributed by atoms with Gasteiger partial charge in [0, 0.05) is 29.9 Å². The van der Waals surface area contributed by atoms with Gasteiger partial charge in [-0.15, -0.1) is 0 Å². The molecule has 0 unspecified atom stereocenters. The zero-order valence-corrected chi connectivity index (χ0v) is 22.2. The molecule has 2 amide bonds. The molecule has 1 aliphatic carbocycles. The van der Waals surface area contributed by atoms with E-state index in [0.29, 0.717) is 47.6 Å². The third-order valence-corrected chi connectivity index (χ3v) is 8.48. The molecule has 1 aliphatic heterocycles. The minimum atomic E-state index is -3.78. The lowest BCUT2D eigenvalue weighted by atomic mass is 10.1. The summed E-state index contributed by atoms with van der Waals surface area (Å²) < 4.78 is 37.7. The molecular weight excluding hydrogens is 536 g/mol. The van der Waals surface area contributed by atoms with Crippen molar-refractivity contribution in [2.24, 2.45) is 5.92 Å². The van der Waals surface area contributed by atoms with Crippen molar-refractivity contribution in [3.05, 3.63) is 45.9 Å². The summed E-state index contributed by atoms with van der Waals surface area (Å²) in [5.74, 6) is 0.558. The summed E-state index contributed by atoms with van der Waals surface area (Å²) in [4.78, 5) is 26.9. The molecule has 0 aromatic heterocycles. The average molecular weight is 565 g/mol. The normalized spacial score (nSPS) is 15.0. The Morgan fingerprint density at radius 2 is 1.86 bits per heavy atom. The number of hydrogen-bond donors (Lipinski definition) is 1. The van der Waals surface area contributed by atoms with Gasteiger partial charge in [-0.05, 0) is 61.1 Å². The summed E-state index contributed by atoms with van der Waals surface area (Å²) in [6, 6.07) is 8.95. The maximum Gasteiger partial charge on any atom is 0.230 e. The third kappa shape index (κ3) is 5.81. The van der Waals surface area contributed by atoms with Crippen molar-refractivity contribution >= 4 is 43.3 Å². The quantitative estimate of drug-likeness (QED) is 0.475. The highest BCUT2D eigenvalue weighted by molar-refractivity contribution is 9.10. The molecule has 2 aromatic rings. The summed E-state index contributed by atoms with van der Waals surface area (Å²) in [5, 5.41) is 2.79. The van der Waals surface area contributed by atoms with Gasteiger partial charge in [0.15, 0.2) is 21.3 Å². The van der Waals surface area contributed by atoms with E-state index in [2.05, 4.69) is 21.2 Å². The number of benzene rings is 2. The first kappa shape index (κ1) is 25.5. The van der Waals surface area contributed by atoms with E-state index < -0.39 is 9.84 Å². The Balaban J connectivity index is 1.38. The Labute approximate surface area is 214 Å². The molecule has 1 N–H and O–H groups in total. The molecule has 4 rings (SSSR count). The zero-order chi connectivity index (χ0) is 25.2. The molecule has 0 spiro atoms. The van der Waals surface area contributed by atoms with Gasteiger partial charge in [-0.25, -0.2) is 8.42 Å². The van der Waals surface area contributed by atoms with Crippen LogP contribution < -0.4 is 19.7 Å². The van der Waals surface area contributed by atoms with Crippen LogP contribution in [0.5, 0.6) is 11.5 Å². The molecule has 2 aliphatic rings. The molecule has 0 saturated heterocycles. The standard InChI is InChI=1S/C25H29BrN2O6S/c1-33-20-6-3-16(13-21(20)34-2)7-10-27-23(29)9-12-35(31,32)22-15-19(26)14-18-8-11-28(24(18)22)25(30)17-4-5-17/h3,6,13-15,17H,4-5,7-12H2,1-2H3,(H,27,29). The van der Waals surface area contributed by atoms with Gasteiger partial charge in [0.25, 0.3) is 0 Å². The molecule has 1 saturated carbocycles. The van der Waals surface area contributed by atoms with E-state index in [1.165, 1.54) is 0 Å². The predicted molar refractivity (Wildman–Crippen MR) is 136 cm³/mol. The highest BCUT2D eigenvalue weighted by Gasteiger charge is 2.39. The first-order chi connectivity index (χ1) is 16.7. The number of hydrogen-bond acceptors (Lipinski definition) is 6. The fourth-order valence-corrected chi connectivity index (χ4v) is 6.46.